The maximum absolute atomic E-state index is 5.46. The number of likely N-dealkylation sites (tertiary alicyclic amines) is 1. The number of hydrazone groups is 1. The van der Waals surface area contributed by atoms with Crippen molar-refractivity contribution in [2.45, 2.75) is 32.7 Å². The molecule has 1 aromatic rings. The zero-order valence-corrected chi connectivity index (χ0v) is 11.9. The lowest BCUT2D eigenvalue weighted by Crippen LogP contribution is -2.29. The highest BCUT2D eigenvalue weighted by molar-refractivity contribution is 5.98. The molecule has 0 saturated carbocycles. The second-order valence-electron chi connectivity index (χ2n) is 5.08. The summed E-state index contributed by atoms with van der Waals surface area (Å²) in [5.74, 6) is 6.30. The average Bonchev–Trinajstić information content (AvgIpc) is 2.47. The summed E-state index contributed by atoms with van der Waals surface area (Å²) in [6, 6.07) is 6.15. The molecule has 1 aliphatic heterocycles. The monoisotopic (exact) mass is 261 g/mol. The van der Waals surface area contributed by atoms with Crippen LogP contribution in [0.1, 0.15) is 37.3 Å². The second kappa shape index (κ2) is 6.57. The van der Waals surface area contributed by atoms with Crippen molar-refractivity contribution in [1.82, 2.24) is 4.90 Å². The first-order valence-electron chi connectivity index (χ1n) is 6.88. The van der Waals surface area contributed by atoms with Crippen LogP contribution in [0, 0.1) is 0 Å². The van der Waals surface area contributed by atoms with Crippen LogP contribution < -0.4 is 10.6 Å². The molecular weight excluding hydrogens is 238 g/mol. The standard InChI is InChI=1S/C15H23N3O/c1-12(17-16)13-6-7-15(19-2)14(10-13)11-18-8-4-3-5-9-18/h6-7,10H,3-5,8-9,11,16H2,1-2H3/b17-12-. The van der Waals surface area contributed by atoms with Crippen molar-refractivity contribution in [1.29, 1.82) is 0 Å². The van der Waals surface area contributed by atoms with Gasteiger partial charge in [0.25, 0.3) is 0 Å². The van der Waals surface area contributed by atoms with E-state index < -0.39 is 0 Å². The Morgan fingerprint density at radius 2 is 2.05 bits per heavy atom. The molecule has 19 heavy (non-hydrogen) atoms. The fourth-order valence-corrected chi connectivity index (χ4v) is 2.56. The highest BCUT2D eigenvalue weighted by Crippen LogP contribution is 2.23. The molecule has 1 aromatic carbocycles. The van der Waals surface area contributed by atoms with Gasteiger partial charge in [0.15, 0.2) is 0 Å². The smallest absolute Gasteiger partial charge is 0.123 e. The van der Waals surface area contributed by atoms with Gasteiger partial charge in [-0.25, -0.2) is 0 Å². The zero-order valence-electron chi connectivity index (χ0n) is 11.9. The van der Waals surface area contributed by atoms with E-state index in [1.165, 1.54) is 37.9 Å². The van der Waals surface area contributed by atoms with Crippen molar-refractivity contribution in [3.63, 3.8) is 0 Å². The summed E-state index contributed by atoms with van der Waals surface area (Å²) in [5.41, 5.74) is 3.13. The normalized spacial score (nSPS) is 17.5. The molecule has 0 spiro atoms. The molecule has 1 saturated heterocycles. The minimum absolute atomic E-state index is 0.850. The number of nitrogens with zero attached hydrogens (tertiary/aromatic N) is 2. The molecule has 0 radical (unpaired) electrons. The van der Waals surface area contributed by atoms with Gasteiger partial charge in [-0.1, -0.05) is 6.42 Å². The van der Waals surface area contributed by atoms with E-state index in [0.717, 1.165) is 23.6 Å². The topological polar surface area (TPSA) is 50.9 Å². The summed E-state index contributed by atoms with van der Waals surface area (Å²) >= 11 is 0. The van der Waals surface area contributed by atoms with Crippen molar-refractivity contribution >= 4 is 5.71 Å². The van der Waals surface area contributed by atoms with Gasteiger partial charge in [0, 0.05) is 12.1 Å². The molecule has 0 aromatic heterocycles. The maximum Gasteiger partial charge on any atom is 0.123 e. The van der Waals surface area contributed by atoms with E-state index in [-0.39, 0.29) is 0 Å². The average molecular weight is 261 g/mol. The summed E-state index contributed by atoms with van der Waals surface area (Å²) in [4.78, 5) is 2.49. The molecule has 104 valence electrons. The number of piperidine rings is 1. The van der Waals surface area contributed by atoms with Crippen LogP contribution in [0.15, 0.2) is 23.3 Å². The maximum atomic E-state index is 5.46. The molecular formula is C15H23N3O. The highest BCUT2D eigenvalue weighted by Gasteiger charge is 2.14. The van der Waals surface area contributed by atoms with Crippen LogP contribution in [0.2, 0.25) is 0 Å². The van der Waals surface area contributed by atoms with Crippen molar-refractivity contribution in [2.75, 3.05) is 20.2 Å². The molecule has 2 rings (SSSR count). The van der Waals surface area contributed by atoms with Gasteiger partial charge in [-0.05, 0) is 56.6 Å². The van der Waals surface area contributed by atoms with Crippen LogP contribution in [0.5, 0.6) is 5.75 Å². The quantitative estimate of drug-likeness (QED) is 0.514. The predicted molar refractivity (Wildman–Crippen MR) is 78.5 cm³/mol. The Bertz CT molecular complexity index is 451. The number of hydrogen-bond acceptors (Lipinski definition) is 4. The van der Waals surface area contributed by atoms with Gasteiger partial charge in [0.2, 0.25) is 0 Å². The zero-order chi connectivity index (χ0) is 13.7. The largest absolute Gasteiger partial charge is 0.496 e. The third-order valence-corrected chi connectivity index (χ3v) is 3.73. The molecule has 1 heterocycles. The highest BCUT2D eigenvalue weighted by atomic mass is 16.5. The van der Waals surface area contributed by atoms with E-state index in [9.17, 15) is 0 Å². The number of hydrogen-bond donors (Lipinski definition) is 1. The Morgan fingerprint density at radius 1 is 1.32 bits per heavy atom. The molecule has 4 nitrogen and oxygen atoms in total. The van der Waals surface area contributed by atoms with E-state index in [1.807, 2.05) is 19.1 Å². The van der Waals surface area contributed by atoms with Gasteiger partial charge in [0.1, 0.15) is 5.75 Å². The Hall–Kier alpha value is -1.55. The molecule has 1 fully saturated rings. The van der Waals surface area contributed by atoms with Crippen LogP contribution >= 0.6 is 0 Å². The number of benzene rings is 1. The first-order valence-corrected chi connectivity index (χ1v) is 6.88. The third kappa shape index (κ3) is 3.47. The molecule has 0 unspecified atom stereocenters. The van der Waals surface area contributed by atoms with Gasteiger partial charge in [0.05, 0.1) is 12.8 Å². The SMILES string of the molecule is COc1ccc(/C(C)=N\N)cc1CN1CCCCC1. The number of rotatable bonds is 4. The van der Waals surface area contributed by atoms with Crippen LogP contribution in [0.25, 0.3) is 0 Å². The fourth-order valence-electron chi connectivity index (χ4n) is 2.56. The lowest BCUT2D eigenvalue weighted by Gasteiger charge is -2.27. The van der Waals surface area contributed by atoms with Gasteiger partial charge in [-0.15, -0.1) is 0 Å². The first kappa shape index (κ1) is 13.9. The van der Waals surface area contributed by atoms with Gasteiger partial charge in [-0.3, -0.25) is 4.90 Å². The summed E-state index contributed by atoms with van der Waals surface area (Å²) in [6.45, 7) is 5.22. The van der Waals surface area contributed by atoms with Gasteiger partial charge in [-0.2, -0.15) is 5.10 Å². The summed E-state index contributed by atoms with van der Waals surface area (Å²) in [7, 11) is 1.72. The van der Waals surface area contributed by atoms with E-state index in [0.29, 0.717) is 0 Å². The predicted octanol–water partition coefficient (Wildman–Crippen LogP) is 2.36. The molecule has 0 aliphatic carbocycles. The molecule has 0 atom stereocenters. The second-order valence-corrected chi connectivity index (χ2v) is 5.08. The number of ether oxygens (including phenoxy) is 1. The van der Waals surface area contributed by atoms with E-state index in [2.05, 4.69) is 16.1 Å². The van der Waals surface area contributed by atoms with E-state index in [4.69, 9.17) is 10.6 Å². The van der Waals surface area contributed by atoms with Crippen molar-refractivity contribution in [2.24, 2.45) is 10.9 Å². The van der Waals surface area contributed by atoms with Gasteiger partial charge < -0.3 is 10.6 Å². The Labute approximate surface area is 115 Å². The summed E-state index contributed by atoms with van der Waals surface area (Å²) in [5, 5.41) is 3.76. The Balaban J connectivity index is 2.20. The molecule has 2 N–H and O–H groups in total. The van der Waals surface area contributed by atoms with E-state index >= 15 is 0 Å². The van der Waals surface area contributed by atoms with Gasteiger partial charge >= 0.3 is 0 Å². The molecule has 0 amide bonds. The van der Waals surface area contributed by atoms with Crippen LogP contribution in [-0.2, 0) is 6.54 Å². The Kier molecular flexibility index (Phi) is 4.80. The molecule has 4 heteroatoms. The third-order valence-electron chi connectivity index (χ3n) is 3.73. The number of nitrogens with two attached hydrogens (primary N) is 1. The molecule has 1 aliphatic rings. The summed E-state index contributed by atoms with van der Waals surface area (Å²) in [6.07, 6.45) is 3.95. The minimum atomic E-state index is 0.850. The van der Waals surface area contributed by atoms with Crippen molar-refractivity contribution in [3.8, 4) is 5.75 Å². The van der Waals surface area contributed by atoms with E-state index in [1.54, 1.807) is 7.11 Å². The van der Waals surface area contributed by atoms with Crippen LogP contribution in [0.4, 0.5) is 0 Å². The lowest BCUT2D eigenvalue weighted by molar-refractivity contribution is 0.218. The fraction of sp³-hybridized carbons (Fsp3) is 0.533. The number of methoxy groups -OCH3 is 1. The van der Waals surface area contributed by atoms with Crippen molar-refractivity contribution < 1.29 is 4.74 Å². The molecule has 0 bridgehead atoms. The minimum Gasteiger partial charge on any atom is -0.496 e. The first-order chi connectivity index (χ1) is 9.24. The Morgan fingerprint density at radius 3 is 2.68 bits per heavy atom. The van der Waals surface area contributed by atoms with Crippen LogP contribution in [0.3, 0.4) is 0 Å². The van der Waals surface area contributed by atoms with Crippen molar-refractivity contribution in [3.05, 3.63) is 29.3 Å². The van der Waals surface area contributed by atoms with Crippen LogP contribution in [-0.4, -0.2) is 30.8 Å². The summed E-state index contributed by atoms with van der Waals surface area (Å²) < 4.78 is 5.46. The lowest BCUT2D eigenvalue weighted by atomic mass is 10.0.